The van der Waals surface area contributed by atoms with Crippen LogP contribution in [0.2, 0.25) is 0 Å². The van der Waals surface area contributed by atoms with Gasteiger partial charge in [0.1, 0.15) is 18.3 Å². The molecular formula is C41H46N8O3. The zero-order valence-corrected chi connectivity index (χ0v) is 29.8. The van der Waals surface area contributed by atoms with Gasteiger partial charge < -0.3 is 30.2 Å². The van der Waals surface area contributed by atoms with Crippen molar-refractivity contribution >= 4 is 41.1 Å². The van der Waals surface area contributed by atoms with Gasteiger partial charge in [-0.2, -0.15) is 0 Å². The van der Waals surface area contributed by atoms with Crippen LogP contribution in [0.1, 0.15) is 41.9 Å². The summed E-state index contributed by atoms with van der Waals surface area (Å²) in [6, 6.07) is 25.2. The van der Waals surface area contributed by atoms with E-state index in [1.807, 2.05) is 18.2 Å². The summed E-state index contributed by atoms with van der Waals surface area (Å²) in [5.74, 6) is 1.22. The van der Waals surface area contributed by atoms with Gasteiger partial charge in [0, 0.05) is 80.1 Å². The lowest BCUT2D eigenvalue weighted by Gasteiger charge is -2.44. The Morgan fingerprint density at radius 3 is 2.40 bits per heavy atom. The number of aromatic nitrogens is 3. The number of H-pyrrole nitrogens is 1. The van der Waals surface area contributed by atoms with Crippen LogP contribution in [0.15, 0.2) is 79.1 Å². The average molecular weight is 699 g/mol. The molecular weight excluding hydrogens is 653 g/mol. The molecule has 11 nitrogen and oxygen atoms in total. The Hall–Kier alpha value is -5.55. The molecule has 2 saturated heterocycles. The Bertz CT molecular complexity index is 2010. The van der Waals surface area contributed by atoms with E-state index in [1.54, 1.807) is 18.3 Å². The van der Waals surface area contributed by atoms with Gasteiger partial charge in [-0.15, -0.1) is 0 Å². The van der Waals surface area contributed by atoms with Crippen molar-refractivity contribution in [2.75, 3.05) is 56.1 Å². The van der Waals surface area contributed by atoms with E-state index in [0.717, 1.165) is 109 Å². The fourth-order valence-corrected chi connectivity index (χ4v) is 7.67. The number of rotatable bonds is 13. The summed E-state index contributed by atoms with van der Waals surface area (Å²) in [5.41, 5.74) is 10.4. The number of benzene rings is 3. The minimum atomic E-state index is -0.212. The highest BCUT2D eigenvalue weighted by molar-refractivity contribution is 5.94. The van der Waals surface area contributed by atoms with Crippen LogP contribution in [0, 0.1) is 12.8 Å². The predicted octanol–water partition coefficient (Wildman–Crippen LogP) is 5.90. The molecule has 11 heteroatoms. The number of piperidine rings is 1. The number of carbonyl (C=O) groups is 3. The predicted molar refractivity (Wildman–Crippen MR) is 205 cm³/mol. The highest BCUT2D eigenvalue weighted by atomic mass is 16.2. The molecule has 3 aromatic carbocycles. The molecule has 0 spiro atoms. The van der Waals surface area contributed by atoms with Crippen molar-refractivity contribution in [1.82, 2.24) is 30.5 Å². The number of amides is 3. The van der Waals surface area contributed by atoms with Crippen LogP contribution < -0.4 is 20.4 Å². The Kier molecular flexibility index (Phi) is 10.6. The molecule has 2 aliphatic rings. The molecule has 2 fully saturated rings. The molecule has 0 bridgehead atoms. The van der Waals surface area contributed by atoms with Crippen molar-refractivity contribution < 1.29 is 14.4 Å². The zero-order valence-electron chi connectivity index (χ0n) is 29.8. The van der Waals surface area contributed by atoms with Gasteiger partial charge in [0.2, 0.25) is 6.41 Å². The molecule has 0 atom stereocenters. The smallest absolute Gasteiger partial charge is 0.321 e. The molecule has 0 unspecified atom stereocenters. The van der Waals surface area contributed by atoms with Crippen LogP contribution >= 0.6 is 0 Å². The van der Waals surface area contributed by atoms with Crippen LogP contribution in [-0.2, 0) is 16.1 Å². The molecule has 52 heavy (non-hydrogen) atoms. The second-order valence-corrected chi connectivity index (χ2v) is 14.0. The summed E-state index contributed by atoms with van der Waals surface area (Å²) in [4.78, 5) is 53.2. The number of anilines is 2. The number of aldehydes is 1. The third kappa shape index (κ3) is 7.55. The van der Waals surface area contributed by atoms with Gasteiger partial charge in [-0.3, -0.25) is 9.69 Å². The Morgan fingerprint density at radius 1 is 0.962 bits per heavy atom. The Morgan fingerprint density at radius 2 is 1.71 bits per heavy atom. The topological polar surface area (TPSA) is 127 Å². The molecule has 7 rings (SSSR count). The third-order valence-corrected chi connectivity index (χ3v) is 10.6. The summed E-state index contributed by atoms with van der Waals surface area (Å²) < 4.78 is 0. The number of aromatic amines is 1. The lowest BCUT2D eigenvalue weighted by molar-refractivity contribution is -0.109. The number of nitrogens with one attached hydrogen (secondary N) is 3. The quantitative estimate of drug-likeness (QED) is 0.131. The fourth-order valence-electron chi connectivity index (χ4n) is 7.67. The largest absolute Gasteiger partial charge is 0.371 e. The van der Waals surface area contributed by atoms with Crippen LogP contribution in [0.5, 0.6) is 0 Å². The molecule has 4 heterocycles. The van der Waals surface area contributed by atoms with Gasteiger partial charge in [0.15, 0.2) is 0 Å². The summed E-state index contributed by atoms with van der Waals surface area (Å²) in [7, 11) is 1.60. The van der Waals surface area contributed by atoms with Crippen molar-refractivity contribution in [3.63, 3.8) is 0 Å². The van der Waals surface area contributed by atoms with E-state index >= 15 is 0 Å². The first-order chi connectivity index (χ1) is 25.4. The number of carbonyl (C=O) groups excluding carboxylic acids is 3. The number of nitrogens with zero attached hydrogens (tertiary/aromatic N) is 5. The molecule has 2 aromatic heterocycles. The first kappa shape index (κ1) is 34.9. The Labute approximate surface area is 304 Å². The summed E-state index contributed by atoms with van der Waals surface area (Å²) in [6.07, 6.45) is 5.80. The number of aryl methyl sites for hydroxylation is 1. The number of likely N-dealkylation sites (tertiary alicyclic amines) is 1. The second-order valence-electron chi connectivity index (χ2n) is 14.0. The lowest BCUT2D eigenvalue weighted by atomic mass is 9.88. The van der Waals surface area contributed by atoms with Crippen molar-refractivity contribution in [2.24, 2.45) is 5.92 Å². The maximum absolute atomic E-state index is 12.3. The van der Waals surface area contributed by atoms with Crippen molar-refractivity contribution in [3.8, 4) is 22.5 Å². The van der Waals surface area contributed by atoms with Gasteiger partial charge in [-0.05, 0) is 97.4 Å². The van der Waals surface area contributed by atoms with Gasteiger partial charge in [0.05, 0.1) is 5.69 Å². The van der Waals surface area contributed by atoms with Gasteiger partial charge in [-0.1, -0.05) is 36.4 Å². The van der Waals surface area contributed by atoms with Gasteiger partial charge in [-0.25, -0.2) is 14.8 Å². The molecule has 3 N–H and O–H groups in total. The molecule has 3 amide bonds. The average Bonchev–Trinajstić information content (AvgIpc) is 3.61. The molecule has 2 aliphatic heterocycles. The Balaban J connectivity index is 0.909. The van der Waals surface area contributed by atoms with Crippen LogP contribution in [0.25, 0.3) is 33.5 Å². The highest BCUT2D eigenvalue weighted by Crippen LogP contribution is 2.34. The van der Waals surface area contributed by atoms with E-state index in [0.29, 0.717) is 31.3 Å². The van der Waals surface area contributed by atoms with Crippen molar-refractivity contribution in [3.05, 3.63) is 95.8 Å². The SMILES string of the molecule is CNC(=O)N(CCC=O)c1ccc(N2CC(CN3CCC(c4ccc(-c5cc6c(-c7ccc(CNC=O)c(C)c7)ncnc6[nH]5)cc4)CC3)C2)cc1. The van der Waals surface area contributed by atoms with E-state index in [4.69, 9.17) is 0 Å². The van der Waals surface area contributed by atoms with Gasteiger partial charge in [0.25, 0.3) is 0 Å². The van der Waals surface area contributed by atoms with E-state index in [2.05, 4.69) is 96.9 Å². The number of fused-ring (bicyclic) bond motifs is 1. The molecule has 268 valence electrons. The molecule has 0 radical (unpaired) electrons. The van der Waals surface area contributed by atoms with Crippen molar-refractivity contribution in [2.45, 2.75) is 38.6 Å². The number of urea groups is 1. The minimum absolute atomic E-state index is 0.212. The monoisotopic (exact) mass is 698 g/mol. The van der Waals surface area contributed by atoms with E-state index in [1.165, 1.54) is 11.3 Å². The summed E-state index contributed by atoms with van der Waals surface area (Å²) >= 11 is 0. The number of hydrogen-bond acceptors (Lipinski definition) is 7. The van der Waals surface area contributed by atoms with Crippen LogP contribution in [-0.4, -0.2) is 84.9 Å². The van der Waals surface area contributed by atoms with E-state index < -0.39 is 0 Å². The number of hydrogen-bond donors (Lipinski definition) is 3. The first-order valence-electron chi connectivity index (χ1n) is 18.1. The molecule has 0 aliphatic carbocycles. The van der Waals surface area contributed by atoms with Gasteiger partial charge >= 0.3 is 6.03 Å². The summed E-state index contributed by atoms with van der Waals surface area (Å²) in [5, 5.41) is 6.38. The van der Waals surface area contributed by atoms with E-state index in [9.17, 15) is 14.4 Å². The van der Waals surface area contributed by atoms with E-state index in [-0.39, 0.29) is 6.03 Å². The second kappa shape index (κ2) is 15.8. The zero-order chi connectivity index (χ0) is 36.0. The molecule has 5 aromatic rings. The standard InChI is InChI=1S/C41H46N8O3/c1-28-20-33(8-9-34(28)22-43-27-51)39-37-21-38(46-40(37)45-26-44-39)32-6-4-30(5-7-32)31-14-17-47(18-15-31)23-29-24-48(25-29)35-10-12-36(13-11-35)49(16-3-19-50)41(52)42-2/h4-13,19-21,26-27,29,31H,3,14-18,22-25H2,1-2H3,(H,42,52)(H,43,51)(H,44,45,46). The maximum Gasteiger partial charge on any atom is 0.321 e. The first-order valence-corrected chi connectivity index (χ1v) is 18.1. The molecule has 0 saturated carbocycles. The third-order valence-electron chi connectivity index (χ3n) is 10.6. The van der Waals surface area contributed by atoms with Crippen molar-refractivity contribution in [1.29, 1.82) is 0 Å². The lowest BCUT2D eigenvalue weighted by Crippen LogP contribution is -2.52. The maximum atomic E-state index is 12.3. The summed E-state index contributed by atoms with van der Waals surface area (Å²) in [6.45, 7) is 8.36. The van der Waals surface area contributed by atoms with Crippen LogP contribution in [0.3, 0.4) is 0 Å². The van der Waals surface area contributed by atoms with Crippen LogP contribution in [0.4, 0.5) is 16.2 Å². The minimum Gasteiger partial charge on any atom is -0.371 e. The highest BCUT2D eigenvalue weighted by Gasteiger charge is 2.30. The normalized spacial score (nSPS) is 15.3. The fraction of sp³-hybridized carbons (Fsp3) is 0.341.